The molecule has 4 nitrogen and oxygen atoms in total. The summed E-state index contributed by atoms with van der Waals surface area (Å²) in [4.78, 5) is 11.8. The fourth-order valence-electron chi connectivity index (χ4n) is 2.83. The lowest BCUT2D eigenvalue weighted by atomic mass is 9.85. The van der Waals surface area contributed by atoms with Crippen LogP contribution in [0.2, 0.25) is 0 Å². The molecule has 0 spiro atoms. The quantitative estimate of drug-likeness (QED) is 0.815. The zero-order valence-electron chi connectivity index (χ0n) is 12.6. The molecule has 1 aliphatic rings. The van der Waals surface area contributed by atoms with Gasteiger partial charge in [-0.05, 0) is 23.8 Å². The average molecular weight is 298 g/mol. The minimum absolute atomic E-state index is 0.125. The van der Waals surface area contributed by atoms with E-state index in [0.717, 1.165) is 11.3 Å². The van der Waals surface area contributed by atoms with Gasteiger partial charge in [0.1, 0.15) is 5.75 Å². The molecule has 2 unspecified atom stereocenters. The molecule has 2 atom stereocenters. The second-order valence-electron chi connectivity index (χ2n) is 5.23. The second kappa shape index (κ2) is 6.20. The third kappa shape index (κ3) is 2.70. The molecule has 114 valence electrons. The maximum Gasteiger partial charge on any atom is 0.337 e. The minimum atomic E-state index is -0.344. The summed E-state index contributed by atoms with van der Waals surface area (Å²) in [5.74, 6) is 0.530. The van der Waals surface area contributed by atoms with Gasteiger partial charge in [0, 0.05) is 25.0 Å². The summed E-state index contributed by atoms with van der Waals surface area (Å²) >= 11 is 0. The first kappa shape index (κ1) is 14.6. The average Bonchev–Trinajstić information content (AvgIpc) is 2.60. The van der Waals surface area contributed by atoms with Gasteiger partial charge in [0.25, 0.3) is 0 Å². The third-order valence-corrected chi connectivity index (χ3v) is 3.96. The Morgan fingerprint density at radius 1 is 1.14 bits per heavy atom. The van der Waals surface area contributed by atoms with Crippen molar-refractivity contribution in [1.82, 2.24) is 0 Å². The lowest BCUT2D eigenvalue weighted by Gasteiger charge is -2.31. The number of carbonyl (C=O) groups excluding carboxylic acids is 1. The number of esters is 1. The van der Waals surface area contributed by atoms with Crippen LogP contribution in [0.1, 0.15) is 33.8 Å². The van der Waals surface area contributed by atoms with E-state index in [2.05, 4.69) is 12.1 Å². The van der Waals surface area contributed by atoms with Crippen LogP contribution >= 0.6 is 0 Å². The van der Waals surface area contributed by atoms with Gasteiger partial charge in [-0.2, -0.15) is 0 Å². The number of rotatable bonds is 3. The summed E-state index contributed by atoms with van der Waals surface area (Å²) in [6, 6.07) is 15.5. The molecule has 0 aromatic heterocycles. The van der Waals surface area contributed by atoms with Crippen molar-refractivity contribution in [3.05, 3.63) is 65.2 Å². The predicted molar refractivity (Wildman–Crippen MR) is 82.1 cm³/mol. The number of hydrogen-bond donors (Lipinski definition) is 0. The van der Waals surface area contributed by atoms with E-state index in [1.807, 2.05) is 30.3 Å². The molecule has 2 aromatic carbocycles. The zero-order chi connectivity index (χ0) is 15.5. The van der Waals surface area contributed by atoms with Gasteiger partial charge in [-0.3, -0.25) is 0 Å². The number of carbonyl (C=O) groups is 1. The van der Waals surface area contributed by atoms with Crippen molar-refractivity contribution < 1.29 is 19.0 Å². The molecular weight excluding hydrogens is 280 g/mol. The van der Waals surface area contributed by atoms with Gasteiger partial charge in [0.05, 0.1) is 12.7 Å². The van der Waals surface area contributed by atoms with Crippen LogP contribution in [0.4, 0.5) is 0 Å². The molecule has 0 fully saturated rings. The van der Waals surface area contributed by atoms with Crippen LogP contribution in [0, 0.1) is 0 Å². The van der Waals surface area contributed by atoms with E-state index in [1.54, 1.807) is 13.2 Å². The van der Waals surface area contributed by atoms with Crippen LogP contribution in [0.3, 0.4) is 0 Å². The Kier molecular flexibility index (Phi) is 4.11. The summed E-state index contributed by atoms with van der Waals surface area (Å²) in [6.45, 7) is 0. The van der Waals surface area contributed by atoms with Crippen LogP contribution < -0.4 is 4.74 Å². The van der Waals surface area contributed by atoms with Crippen LogP contribution in [0.5, 0.6) is 5.75 Å². The van der Waals surface area contributed by atoms with E-state index >= 15 is 0 Å². The Balaban J connectivity index is 2.06. The van der Waals surface area contributed by atoms with Gasteiger partial charge in [-0.15, -0.1) is 0 Å². The molecule has 1 heterocycles. The van der Waals surface area contributed by atoms with E-state index < -0.39 is 0 Å². The van der Waals surface area contributed by atoms with E-state index in [4.69, 9.17) is 14.2 Å². The van der Waals surface area contributed by atoms with Crippen molar-refractivity contribution in [2.75, 3.05) is 14.2 Å². The molecule has 4 heteroatoms. The highest BCUT2D eigenvalue weighted by Crippen LogP contribution is 2.41. The fraction of sp³-hybridized carbons (Fsp3) is 0.278. The monoisotopic (exact) mass is 298 g/mol. The first-order valence-electron chi connectivity index (χ1n) is 7.19. The Morgan fingerprint density at radius 2 is 1.91 bits per heavy atom. The molecule has 22 heavy (non-hydrogen) atoms. The number of benzene rings is 2. The summed E-state index contributed by atoms with van der Waals surface area (Å²) < 4.78 is 16.0. The van der Waals surface area contributed by atoms with E-state index in [1.165, 1.54) is 12.7 Å². The Labute approximate surface area is 129 Å². The first-order valence-corrected chi connectivity index (χ1v) is 7.19. The molecule has 1 aliphatic heterocycles. The molecule has 0 bridgehead atoms. The lowest BCUT2D eigenvalue weighted by molar-refractivity contribution is -0.0689. The molecule has 0 aliphatic carbocycles. The maximum atomic E-state index is 11.8. The van der Waals surface area contributed by atoms with Gasteiger partial charge in [-0.1, -0.05) is 30.3 Å². The number of ether oxygens (including phenoxy) is 3. The number of fused-ring (bicyclic) bond motifs is 1. The van der Waals surface area contributed by atoms with Crippen LogP contribution in [0.15, 0.2) is 48.5 Å². The Morgan fingerprint density at radius 3 is 2.59 bits per heavy atom. The summed E-state index contributed by atoms with van der Waals surface area (Å²) in [5, 5.41) is 0. The highest BCUT2D eigenvalue weighted by Gasteiger charge is 2.30. The lowest BCUT2D eigenvalue weighted by Crippen LogP contribution is -2.28. The predicted octanol–water partition coefficient (Wildman–Crippen LogP) is 3.36. The maximum absolute atomic E-state index is 11.8. The smallest absolute Gasteiger partial charge is 0.337 e. The number of methoxy groups -OCH3 is 2. The molecule has 2 aromatic rings. The Bertz CT molecular complexity index is 666. The van der Waals surface area contributed by atoms with Gasteiger partial charge < -0.3 is 14.2 Å². The molecule has 0 N–H and O–H groups in total. The SMILES string of the molecule is COC(=O)c1ccc2c(c1)C(c1ccccc1)CC(OC)O2. The van der Waals surface area contributed by atoms with Gasteiger partial charge in [-0.25, -0.2) is 4.79 Å². The van der Waals surface area contributed by atoms with E-state index in [9.17, 15) is 4.79 Å². The highest BCUT2D eigenvalue weighted by molar-refractivity contribution is 5.89. The summed E-state index contributed by atoms with van der Waals surface area (Å²) in [7, 11) is 3.02. The standard InChI is InChI=1S/C18H18O4/c1-20-17-11-14(12-6-4-3-5-7-12)15-10-13(18(19)21-2)8-9-16(15)22-17/h3-10,14,17H,11H2,1-2H3. The summed E-state index contributed by atoms with van der Waals surface area (Å²) in [6.07, 6.45) is 0.416. The molecule has 0 amide bonds. The molecule has 0 radical (unpaired) electrons. The van der Waals surface area contributed by atoms with Crippen LogP contribution in [0.25, 0.3) is 0 Å². The van der Waals surface area contributed by atoms with Crippen LogP contribution in [-0.2, 0) is 9.47 Å². The second-order valence-corrected chi connectivity index (χ2v) is 5.23. The van der Waals surface area contributed by atoms with Gasteiger partial charge in [0.2, 0.25) is 0 Å². The number of hydrogen-bond acceptors (Lipinski definition) is 4. The molecule has 0 saturated carbocycles. The molecule has 0 saturated heterocycles. The van der Waals surface area contributed by atoms with Crippen molar-refractivity contribution >= 4 is 5.97 Å². The molecule has 3 rings (SSSR count). The summed E-state index contributed by atoms with van der Waals surface area (Å²) in [5.41, 5.74) is 2.69. The zero-order valence-corrected chi connectivity index (χ0v) is 12.6. The first-order chi connectivity index (χ1) is 10.7. The van der Waals surface area contributed by atoms with Gasteiger partial charge >= 0.3 is 5.97 Å². The molecular formula is C18H18O4. The topological polar surface area (TPSA) is 44.8 Å². The fourth-order valence-corrected chi connectivity index (χ4v) is 2.83. The van der Waals surface area contributed by atoms with E-state index in [0.29, 0.717) is 12.0 Å². The van der Waals surface area contributed by atoms with Crippen molar-refractivity contribution in [2.45, 2.75) is 18.6 Å². The van der Waals surface area contributed by atoms with Crippen molar-refractivity contribution in [3.8, 4) is 5.75 Å². The van der Waals surface area contributed by atoms with Crippen molar-refractivity contribution in [2.24, 2.45) is 0 Å². The van der Waals surface area contributed by atoms with Crippen molar-refractivity contribution in [3.63, 3.8) is 0 Å². The largest absolute Gasteiger partial charge is 0.465 e. The van der Waals surface area contributed by atoms with Crippen LogP contribution in [-0.4, -0.2) is 26.5 Å². The third-order valence-electron chi connectivity index (χ3n) is 3.96. The highest BCUT2D eigenvalue weighted by atomic mass is 16.7. The van der Waals surface area contributed by atoms with Crippen molar-refractivity contribution in [1.29, 1.82) is 0 Å². The Hall–Kier alpha value is -2.33. The normalized spacial score (nSPS) is 19.9. The van der Waals surface area contributed by atoms with Gasteiger partial charge in [0.15, 0.2) is 6.29 Å². The minimum Gasteiger partial charge on any atom is -0.465 e. The van der Waals surface area contributed by atoms with E-state index in [-0.39, 0.29) is 18.2 Å².